The lowest BCUT2D eigenvalue weighted by Gasteiger charge is -2.41. The molecule has 0 saturated carbocycles. The van der Waals surface area contributed by atoms with Gasteiger partial charge in [-0.1, -0.05) is 6.92 Å². The molecule has 0 aliphatic heterocycles. The third kappa shape index (κ3) is 6.84. The largest absolute Gasteiger partial charge is 0.573 e. The molecule has 11 heteroatoms. The summed E-state index contributed by atoms with van der Waals surface area (Å²) in [6.45, 7) is 5.24. The van der Waals surface area contributed by atoms with Crippen LogP contribution in [0.5, 0.6) is 11.5 Å². The second-order valence-corrected chi connectivity index (χ2v) is 8.13. The highest BCUT2D eigenvalue weighted by molar-refractivity contribution is 5.32. The Morgan fingerprint density at radius 2 is 1.97 bits per heavy atom. The molecule has 3 rings (SSSR count). The highest BCUT2D eigenvalue weighted by atomic mass is 19.4. The van der Waals surface area contributed by atoms with E-state index in [4.69, 9.17) is 9.57 Å². The molecule has 0 amide bonds. The number of ether oxygens (including phenoxy) is 2. The summed E-state index contributed by atoms with van der Waals surface area (Å²) in [4.78, 5) is 9.56. The van der Waals surface area contributed by atoms with E-state index in [1.807, 2.05) is 6.92 Å². The predicted molar refractivity (Wildman–Crippen MR) is 113 cm³/mol. The van der Waals surface area contributed by atoms with Crippen LogP contribution >= 0.6 is 0 Å². The zero-order chi connectivity index (χ0) is 23.9. The van der Waals surface area contributed by atoms with Crippen molar-refractivity contribution in [2.45, 2.75) is 46.0 Å². The van der Waals surface area contributed by atoms with Crippen molar-refractivity contribution in [1.82, 2.24) is 20.2 Å². The van der Waals surface area contributed by atoms with Crippen LogP contribution in [0.4, 0.5) is 13.2 Å². The van der Waals surface area contributed by atoms with E-state index in [0.717, 1.165) is 24.1 Å². The van der Waals surface area contributed by atoms with Gasteiger partial charge in [0, 0.05) is 23.6 Å². The molecule has 0 spiro atoms. The zero-order valence-corrected chi connectivity index (χ0v) is 18.6. The highest BCUT2D eigenvalue weighted by Gasteiger charge is 2.39. The summed E-state index contributed by atoms with van der Waals surface area (Å²) in [6, 6.07) is 5.33. The maximum Gasteiger partial charge on any atom is 0.573 e. The molecule has 0 radical (unpaired) electrons. The molecule has 1 heterocycles. The minimum atomic E-state index is -4.74. The Bertz CT molecular complexity index is 903. The number of alkyl halides is 3. The molecule has 0 unspecified atom stereocenters. The van der Waals surface area contributed by atoms with Gasteiger partial charge in [-0.3, -0.25) is 10.3 Å². The average molecular weight is 470 g/mol. The number of nitrogens with zero attached hydrogens (tertiary/aromatic N) is 3. The first-order valence-electron chi connectivity index (χ1n) is 10.8. The monoisotopic (exact) mass is 470 g/mol. The first-order valence-corrected chi connectivity index (χ1v) is 10.8. The fourth-order valence-electron chi connectivity index (χ4n) is 4.03. The van der Waals surface area contributed by atoms with E-state index in [0.29, 0.717) is 31.9 Å². The summed E-state index contributed by atoms with van der Waals surface area (Å²) in [7, 11) is 0. The van der Waals surface area contributed by atoms with Crippen LogP contribution in [0, 0.1) is 11.3 Å². The Morgan fingerprint density at radius 3 is 2.58 bits per heavy atom. The van der Waals surface area contributed by atoms with Crippen molar-refractivity contribution in [3.63, 3.8) is 0 Å². The van der Waals surface area contributed by atoms with Crippen LogP contribution in [-0.4, -0.2) is 46.1 Å². The smallest absolute Gasteiger partial charge is 0.493 e. The van der Waals surface area contributed by atoms with E-state index in [2.05, 4.69) is 27.2 Å². The summed E-state index contributed by atoms with van der Waals surface area (Å²) in [5.41, 5.74) is 4.70. The topological polar surface area (TPSA) is 90.7 Å². The summed E-state index contributed by atoms with van der Waals surface area (Å²) >= 11 is 0. The number of rotatable bonds is 11. The summed E-state index contributed by atoms with van der Waals surface area (Å²) in [6.07, 6.45) is 0.514. The molecular formula is C22H29F3N4O4. The molecule has 1 aromatic carbocycles. The fraction of sp³-hybridized carbons (Fsp3) is 0.545. The van der Waals surface area contributed by atoms with Crippen molar-refractivity contribution in [2.75, 3.05) is 19.8 Å². The van der Waals surface area contributed by atoms with Gasteiger partial charge >= 0.3 is 6.36 Å². The molecule has 2 atom stereocenters. The van der Waals surface area contributed by atoms with Gasteiger partial charge in [-0.25, -0.2) is 9.67 Å². The lowest BCUT2D eigenvalue weighted by atomic mass is 9.69. The van der Waals surface area contributed by atoms with E-state index in [9.17, 15) is 18.3 Å². The molecule has 33 heavy (non-hydrogen) atoms. The van der Waals surface area contributed by atoms with E-state index < -0.39 is 6.36 Å². The molecule has 2 aromatic rings. The Morgan fingerprint density at radius 1 is 1.24 bits per heavy atom. The number of benzene rings is 1. The third-order valence-corrected chi connectivity index (χ3v) is 5.75. The third-order valence-electron chi connectivity index (χ3n) is 5.75. The first-order chi connectivity index (χ1) is 15.7. The maximum atomic E-state index is 12.4. The summed E-state index contributed by atoms with van der Waals surface area (Å²) in [5, 5.41) is 13.9. The minimum Gasteiger partial charge on any atom is -0.493 e. The summed E-state index contributed by atoms with van der Waals surface area (Å²) in [5.74, 6) is 0.130. The zero-order valence-electron chi connectivity index (χ0n) is 18.6. The van der Waals surface area contributed by atoms with Crippen LogP contribution in [-0.2, 0) is 11.4 Å². The van der Waals surface area contributed by atoms with Crippen LogP contribution in [0.2, 0.25) is 0 Å². The molecule has 0 fully saturated rings. The number of aliphatic hydroxyl groups excluding tert-OH is 1. The second-order valence-electron chi connectivity index (χ2n) is 8.13. The van der Waals surface area contributed by atoms with Crippen molar-refractivity contribution in [3.05, 3.63) is 48.2 Å². The average Bonchev–Trinajstić information content (AvgIpc) is 3.26. The number of hydrogen-bond acceptors (Lipinski definition) is 7. The van der Waals surface area contributed by atoms with E-state index in [-0.39, 0.29) is 23.7 Å². The Balaban J connectivity index is 1.81. The predicted octanol–water partition coefficient (Wildman–Crippen LogP) is 3.85. The molecule has 1 aliphatic rings. The van der Waals surface area contributed by atoms with Crippen molar-refractivity contribution >= 4 is 0 Å². The molecule has 1 aromatic heterocycles. The van der Waals surface area contributed by atoms with E-state index in [1.54, 1.807) is 11.0 Å². The van der Waals surface area contributed by atoms with Gasteiger partial charge in [-0.15, -0.1) is 13.2 Å². The first kappa shape index (κ1) is 24.8. The van der Waals surface area contributed by atoms with Crippen molar-refractivity contribution < 1.29 is 32.6 Å². The molecule has 0 bridgehead atoms. The lowest BCUT2D eigenvalue weighted by molar-refractivity contribution is -0.274. The molecule has 8 nitrogen and oxygen atoms in total. The maximum absolute atomic E-state index is 12.4. The molecule has 182 valence electrons. The van der Waals surface area contributed by atoms with Gasteiger partial charge < -0.3 is 14.6 Å². The van der Waals surface area contributed by atoms with E-state index in [1.165, 1.54) is 30.6 Å². The van der Waals surface area contributed by atoms with E-state index >= 15 is 0 Å². The summed E-state index contributed by atoms with van der Waals surface area (Å²) < 4.78 is 48.7. The Hall–Kier alpha value is -2.79. The standard InChI is InChI=1S/C22H29F3N4O4/c1-3-32-28-20-19(12-29-15-26-14-27-29)16(8-9-21(20,2)10-11-30)13-31-17-4-6-18(7-5-17)33-22(23,24)25/h4-7,14-16,28,30H,3,8-13H2,1-2H3/t16-,21-/m0/s1. The number of halogens is 3. The Kier molecular flexibility index (Phi) is 8.20. The van der Waals surface area contributed by atoms with Crippen LogP contribution < -0.4 is 15.0 Å². The number of hydroxylamine groups is 1. The van der Waals surface area contributed by atoms with Crippen molar-refractivity contribution in [2.24, 2.45) is 11.3 Å². The minimum absolute atomic E-state index is 0.00461. The second kappa shape index (κ2) is 10.9. The number of aliphatic hydroxyl groups is 1. The normalized spacial score (nSPS) is 21.2. The SMILES string of the molecule is CCONC1=C(Cn2cncn2)[C@H](COc2ccc(OC(F)(F)F)cc2)CC[C@@]1(C)CCO. The van der Waals surface area contributed by atoms with Gasteiger partial charge in [0.15, 0.2) is 0 Å². The van der Waals surface area contributed by atoms with Gasteiger partial charge in [0.25, 0.3) is 0 Å². The molecule has 2 N–H and O–H groups in total. The molecular weight excluding hydrogens is 441 g/mol. The van der Waals surface area contributed by atoms with Gasteiger partial charge in [0.05, 0.1) is 19.8 Å². The van der Waals surface area contributed by atoms with Crippen LogP contribution in [0.15, 0.2) is 48.2 Å². The van der Waals surface area contributed by atoms with Crippen LogP contribution in [0.25, 0.3) is 0 Å². The van der Waals surface area contributed by atoms with Gasteiger partial charge in [-0.2, -0.15) is 5.10 Å². The molecule has 1 aliphatic carbocycles. The number of nitrogens with one attached hydrogen (secondary N) is 1. The number of hydrogen-bond donors (Lipinski definition) is 2. The van der Waals surface area contributed by atoms with Gasteiger partial charge in [0.2, 0.25) is 0 Å². The quantitative estimate of drug-likeness (QED) is 0.482. The van der Waals surface area contributed by atoms with Crippen LogP contribution in [0.1, 0.15) is 33.1 Å². The number of aromatic nitrogens is 3. The van der Waals surface area contributed by atoms with Gasteiger partial charge in [0.1, 0.15) is 24.2 Å². The Labute approximate surface area is 190 Å². The number of allylic oxidation sites excluding steroid dienone is 1. The highest BCUT2D eigenvalue weighted by Crippen LogP contribution is 2.45. The van der Waals surface area contributed by atoms with Gasteiger partial charge in [-0.05, 0) is 56.0 Å². The molecule has 0 saturated heterocycles. The lowest BCUT2D eigenvalue weighted by Crippen LogP contribution is -2.39. The fourth-order valence-corrected chi connectivity index (χ4v) is 4.03. The van der Waals surface area contributed by atoms with Crippen molar-refractivity contribution in [3.8, 4) is 11.5 Å². The van der Waals surface area contributed by atoms with Crippen LogP contribution in [0.3, 0.4) is 0 Å². The van der Waals surface area contributed by atoms with Crippen molar-refractivity contribution in [1.29, 1.82) is 0 Å².